The largest absolute Gasteiger partial charge is 0.0860 e. The van der Waals surface area contributed by atoms with Gasteiger partial charge in [0.1, 0.15) is 0 Å². The summed E-state index contributed by atoms with van der Waals surface area (Å²) in [5.74, 6) is 0. The Labute approximate surface area is 86.8 Å². The predicted molar refractivity (Wildman–Crippen MR) is 61.6 cm³/mol. The van der Waals surface area contributed by atoms with Crippen molar-refractivity contribution >= 4 is 28.2 Å². The first-order chi connectivity index (χ1) is 5.92. The first kappa shape index (κ1) is 8.30. The SMILES string of the molecule is ICCC1=CCc2ccccc21. The van der Waals surface area contributed by atoms with E-state index in [2.05, 4.69) is 52.9 Å². The highest BCUT2D eigenvalue weighted by Crippen LogP contribution is 2.29. The summed E-state index contributed by atoms with van der Waals surface area (Å²) in [5, 5.41) is 0. The van der Waals surface area contributed by atoms with Crippen molar-refractivity contribution in [1.82, 2.24) is 0 Å². The molecule has 0 bridgehead atoms. The lowest BCUT2D eigenvalue weighted by Gasteiger charge is -2.02. The zero-order valence-electron chi connectivity index (χ0n) is 6.89. The van der Waals surface area contributed by atoms with Crippen LogP contribution in [0.4, 0.5) is 0 Å². The summed E-state index contributed by atoms with van der Waals surface area (Å²) >= 11 is 2.44. The molecule has 62 valence electrons. The molecule has 0 amide bonds. The van der Waals surface area contributed by atoms with Crippen LogP contribution in [0.3, 0.4) is 0 Å². The van der Waals surface area contributed by atoms with Gasteiger partial charge in [-0.15, -0.1) is 0 Å². The van der Waals surface area contributed by atoms with E-state index in [4.69, 9.17) is 0 Å². The first-order valence-electron chi connectivity index (χ1n) is 4.25. The fourth-order valence-corrected chi connectivity index (χ4v) is 2.27. The number of hydrogen-bond donors (Lipinski definition) is 0. The van der Waals surface area contributed by atoms with Crippen molar-refractivity contribution in [2.75, 3.05) is 4.43 Å². The van der Waals surface area contributed by atoms with Gasteiger partial charge in [0.15, 0.2) is 0 Å². The molecule has 0 nitrogen and oxygen atoms in total. The van der Waals surface area contributed by atoms with Crippen molar-refractivity contribution in [1.29, 1.82) is 0 Å². The average molecular weight is 270 g/mol. The van der Waals surface area contributed by atoms with Crippen LogP contribution in [-0.2, 0) is 6.42 Å². The molecule has 0 fully saturated rings. The maximum absolute atomic E-state index is 2.44. The molecular weight excluding hydrogens is 259 g/mol. The number of hydrogen-bond acceptors (Lipinski definition) is 0. The molecule has 1 aliphatic carbocycles. The van der Waals surface area contributed by atoms with E-state index in [1.54, 1.807) is 5.57 Å². The molecule has 0 atom stereocenters. The average Bonchev–Trinajstić information content (AvgIpc) is 2.50. The Hall–Kier alpha value is -0.310. The van der Waals surface area contributed by atoms with Crippen molar-refractivity contribution in [3.05, 3.63) is 41.5 Å². The van der Waals surface area contributed by atoms with Crippen molar-refractivity contribution < 1.29 is 0 Å². The van der Waals surface area contributed by atoms with E-state index in [9.17, 15) is 0 Å². The minimum Gasteiger partial charge on any atom is -0.0860 e. The van der Waals surface area contributed by atoms with Gasteiger partial charge in [0.05, 0.1) is 0 Å². The lowest BCUT2D eigenvalue weighted by molar-refractivity contribution is 1.30. The van der Waals surface area contributed by atoms with E-state index >= 15 is 0 Å². The third-order valence-corrected chi connectivity index (χ3v) is 2.83. The van der Waals surface area contributed by atoms with Gasteiger partial charge in [-0.05, 0) is 29.5 Å². The zero-order valence-corrected chi connectivity index (χ0v) is 9.04. The second-order valence-electron chi connectivity index (χ2n) is 3.03. The van der Waals surface area contributed by atoms with Gasteiger partial charge < -0.3 is 0 Å². The summed E-state index contributed by atoms with van der Waals surface area (Å²) in [4.78, 5) is 0. The van der Waals surface area contributed by atoms with Gasteiger partial charge in [-0.3, -0.25) is 0 Å². The van der Waals surface area contributed by atoms with Crippen LogP contribution in [-0.4, -0.2) is 4.43 Å². The molecule has 0 heterocycles. The molecule has 1 heteroatoms. The van der Waals surface area contributed by atoms with Crippen molar-refractivity contribution in [2.45, 2.75) is 12.8 Å². The van der Waals surface area contributed by atoms with Crippen LogP contribution in [0.1, 0.15) is 17.5 Å². The summed E-state index contributed by atoms with van der Waals surface area (Å²) in [6, 6.07) is 8.72. The van der Waals surface area contributed by atoms with Crippen molar-refractivity contribution in [3.63, 3.8) is 0 Å². The molecule has 0 N–H and O–H groups in total. The highest BCUT2D eigenvalue weighted by Gasteiger charge is 2.11. The van der Waals surface area contributed by atoms with E-state index in [1.807, 2.05) is 0 Å². The lowest BCUT2D eigenvalue weighted by Crippen LogP contribution is -1.84. The van der Waals surface area contributed by atoms with Gasteiger partial charge in [0, 0.05) is 4.43 Å². The topological polar surface area (TPSA) is 0 Å². The summed E-state index contributed by atoms with van der Waals surface area (Å²) in [5.41, 5.74) is 4.52. The van der Waals surface area contributed by atoms with Gasteiger partial charge in [0.2, 0.25) is 0 Å². The summed E-state index contributed by atoms with van der Waals surface area (Å²) in [6.45, 7) is 0. The number of rotatable bonds is 2. The molecule has 0 saturated carbocycles. The van der Waals surface area contributed by atoms with Crippen LogP contribution in [0, 0.1) is 0 Å². The Morgan fingerprint density at radius 1 is 1.25 bits per heavy atom. The fourth-order valence-electron chi connectivity index (χ4n) is 1.69. The molecule has 2 rings (SSSR count). The Morgan fingerprint density at radius 3 is 2.92 bits per heavy atom. The third kappa shape index (κ3) is 1.42. The Morgan fingerprint density at radius 2 is 2.08 bits per heavy atom. The number of halogens is 1. The smallest absolute Gasteiger partial charge is 0.00359 e. The standard InChI is InChI=1S/C11H11I/c12-8-7-10-6-5-9-3-1-2-4-11(9)10/h1-4,6H,5,7-8H2. The van der Waals surface area contributed by atoms with Gasteiger partial charge in [0.25, 0.3) is 0 Å². The summed E-state index contributed by atoms with van der Waals surface area (Å²) in [6.07, 6.45) is 4.73. The Balaban J connectivity index is 2.32. The van der Waals surface area contributed by atoms with Gasteiger partial charge in [-0.25, -0.2) is 0 Å². The number of allylic oxidation sites excluding steroid dienone is 2. The Kier molecular flexibility index (Phi) is 2.49. The molecule has 0 aliphatic heterocycles. The van der Waals surface area contributed by atoms with Crippen LogP contribution in [0.2, 0.25) is 0 Å². The molecule has 12 heavy (non-hydrogen) atoms. The number of benzene rings is 1. The highest BCUT2D eigenvalue weighted by molar-refractivity contribution is 14.1. The second-order valence-corrected chi connectivity index (χ2v) is 4.11. The van der Waals surface area contributed by atoms with Crippen molar-refractivity contribution in [3.8, 4) is 0 Å². The highest BCUT2D eigenvalue weighted by atomic mass is 127. The minimum atomic E-state index is 1.14. The van der Waals surface area contributed by atoms with Crippen LogP contribution < -0.4 is 0 Å². The van der Waals surface area contributed by atoms with Crippen LogP contribution in [0.25, 0.3) is 5.57 Å². The maximum atomic E-state index is 2.44. The number of fused-ring (bicyclic) bond motifs is 1. The van der Waals surface area contributed by atoms with E-state index < -0.39 is 0 Å². The molecule has 0 saturated heterocycles. The maximum Gasteiger partial charge on any atom is 0.00359 e. The fraction of sp³-hybridized carbons (Fsp3) is 0.273. The molecule has 0 unspecified atom stereocenters. The van der Waals surface area contributed by atoms with Gasteiger partial charge in [-0.1, -0.05) is 52.9 Å². The molecule has 0 aromatic heterocycles. The monoisotopic (exact) mass is 270 g/mol. The molecule has 1 aromatic carbocycles. The van der Waals surface area contributed by atoms with Gasteiger partial charge in [-0.2, -0.15) is 0 Å². The van der Waals surface area contributed by atoms with Crippen LogP contribution in [0.15, 0.2) is 30.3 Å². The first-order valence-corrected chi connectivity index (χ1v) is 5.77. The summed E-state index contributed by atoms with van der Waals surface area (Å²) in [7, 11) is 0. The zero-order chi connectivity index (χ0) is 8.39. The quantitative estimate of drug-likeness (QED) is 0.570. The molecular formula is C11H11I. The lowest BCUT2D eigenvalue weighted by atomic mass is 10.0. The number of alkyl halides is 1. The van der Waals surface area contributed by atoms with E-state index in [0.29, 0.717) is 0 Å². The third-order valence-electron chi connectivity index (χ3n) is 2.30. The van der Waals surface area contributed by atoms with Crippen LogP contribution >= 0.6 is 22.6 Å². The van der Waals surface area contributed by atoms with Gasteiger partial charge >= 0.3 is 0 Å². The van der Waals surface area contributed by atoms with Crippen molar-refractivity contribution in [2.24, 2.45) is 0 Å². The summed E-state index contributed by atoms with van der Waals surface area (Å²) < 4.78 is 1.22. The Bertz CT molecular complexity index is 313. The molecule has 1 aliphatic rings. The second kappa shape index (κ2) is 3.60. The van der Waals surface area contributed by atoms with E-state index in [-0.39, 0.29) is 0 Å². The van der Waals surface area contributed by atoms with E-state index in [1.165, 1.54) is 22.0 Å². The predicted octanol–water partition coefficient (Wildman–Crippen LogP) is 3.45. The molecule has 0 radical (unpaired) electrons. The molecule has 1 aromatic rings. The normalized spacial score (nSPS) is 14.2. The van der Waals surface area contributed by atoms with E-state index in [0.717, 1.165) is 6.42 Å². The minimum absolute atomic E-state index is 1.14. The van der Waals surface area contributed by atoms with Crippen LogP contribution in [0.5, 0.6) is 0 Å². The molecule has 0 spiro atoms.